The average molecular weight is 291 g/mol. The van der Waals surface area contributed by atoms with E-state index in [9.17, 15) is 9.59 Å². The van der Waals surface area contributed by atoms with Crippen molar-refractivity contribution in [2.24, 2.45) is 5.73 Å². The highest BCUT2D eigenvalue weighted by molar-refractivity contribution is 5.93. The molecule has 21 heavy (non-hydrogen) atoms. The fourth-order valence-electron chi connectivity index (χ4n) is 2.42. The van der Waals surface area contributed by atoms with Crippen LogP contribution in [0.5, 0.6) is 0 Å². The predicted molar refractivity (Wildman–Crippen MR) is 77.8 cm³/mol. The summed E-state index contributed by atoms with van der Waals surface area (Å²) in [6.07, 6.45) is 5.90. The zero-order chi connectivity index (χ0) is 15.2. The summed E-state index contributed by atoms with van der Waals surface area (Å²) in [5.41, 5.74) is 5.31. The van der Waals surface area contributed by atoms with E-state index in [0.29, 0.717) is 12.6 Å². The van der Waals surface area contributed by atoms with Crippen molar-refractivity contribution < 1.29 is 9.59 Å². The highest BCUT2D eigenvalue weighted by Crippen LogP contribution is 2.13. The summed E-state index contributed by atoms with van der Waals surface area (Å²) in [4.78, 5) is 32.9. The van der Waals surface area contributed by atoms with Gasteiger partial charge in [-0.25, -0.2) is 9.97 Å². The molecular weight excluding hydrogens is 270 g/mol. The van der Waals surface area contributed by atoms with Gasteiger partial charge in [0.2, 0.25) is 0 Å². The van der Waals surface area contributed by atoms with Crippen molar-refractivity contribution in [3.63, 3.8) is 0 Å². The van der Waals surface area contributed by atoms with E-state index < -0.39 is 5.91 Å². The molecule has 0 aliphatic carbocycles. The molecule has 7 nitrogen and oxygen atoms in total. The number of likely N-dealkylation sites (tertiary alicyclic amines) is 1. The topological polar surface area (TPSA) is 101 Å². The van der Waals surface area contributed by atoms with Crippen molar-refractivity contribution in [2.75, 3.05) is 19.6 Å². The van der Waals surface area contributed by atoms with E-state index in [0.717, 1.165) is 19.5 Å². The van der Waals surface area contributed by atoms with Gasteiger partial charge in [0, 0.05) is 12.6 Å². The maximum absolute atomic E-state index is 11.9. The molecular formula is C14H21N5O2. The first-order valence-electron chi connectivity index (χ1n) is 7.22. The van der Waals surface area contributed by atoms with Crippen molar-refractivity contribution in [1.29, 1.82) is 0 Å². The number of aromatic nitrogens is 2. The van der Waals surface area contributed by atoms with Gasteiger partial charge in [-0.2, -0.15) is 0 Å². The molecule has 2 amide bonds. The second kappa shape index (κ2) is 7.12. The first kappa shape index (κ1) is 15.4. The second-order valence-electron chi connectivity index (χ2n) is 5.29. The predicted octanol–water partition coefficient (Wildman–Crippen LogP) is 0.180. The van der Waals surface area contributed by atoms with Crippen LogP contribution >= 0.6 is 0 Å². The molecule has 1 unspecified atom stereocenters. The van der Waals surface area contributed by atoms with Crippen molar-refractivity contribution in [3.05, 3.63) is 23.8 Å². The van der Waals surface area contributed by atoms with Crippen molar-refractivity contribution >= 4 is 11.8 Å². The zero-order valence-electron chi connectivity index (χ0n) is 12.2. The summed E-state index contributed by atoms with van der Waals surface area (Å²) in [5.74, 6) is -0.943. The van der Waals surface area contributed by atoms with Gasteiger partial charge >= 0.3 is 0 Å². The van der Waals surface area contributed by atoms with Crippen LogP contribution < -0.4 is 11.1 Å². The third kappa shape index (κ3) is 4.22. The second-order valence-corrected chi connectivity index (χ2v) is 5.29. The molecule has 1 aromatic rings. The molecule has 0 aromatic carbocycles. The normalized spacial score (nSPS) is 16.6. The molecule has 0 spiro atoms. The van der Waals surface area contributed by atoms with Crippen LogP contribution in [0.3, 0.4) is 0 Å². The van der Waals surface area contributed by atoms with Gasteiger partial charge in [0.1, 0.15) is 11.4 Å². The number of carbonyl (C=O) groups is 2. The minimum Gasteiger partial charge on any atom is -0.364 e. The number of hydrogen-bond donors (Lipinski definition) is 2. The molecule has 0 radical (unpaired) electrons. The number of amides is 2. The fourth-order valence-corrected chi connectivity index (χ4v) is 2.42. The number of hydrogen-bond acceptors (Lipinski definition) is 5. The van der Waals surface area contributed by atoms with Gasteiger partial charge in [0.05, 0.1) is 12.4 Å². The Morgan fingerprint density at radius 1 is 1.29 bits per heavy atom. The maximum Gasteiger partial charge on any atom is 0.271 e. The molecule has 1 aromatic heterocycles. The van der Waals surface area contributed by atoms with Crippen LogP contribution in [0, 0.1) is 0 Å². The minimum atomic E-state index is -0.658. The van der Waals surface area contributed by atoms with Crippen molar-refractivity contribution in [3.8, 4) is 0 Å². The van der Waals surface area contributed by atoms with E-state index >= 15 is 0 Å². The van der Waals surface area contributed by atoms with Gasteiger partial charge in [-0.05, 0) is 39.3 Å². The molecule has 3 N–H and O–H groups in total. The van der Waals surface area contributed by atoms with Gasteiger partial charge in [-0.1, -0.05) is 0 Å². The first-order chi connectivity index (χ1) is 10.1. The van der Waals surface area contributed by atoms with E-state index in [4.69, 9.17) is 5.73 Å². The first-order valence-corrected chi connectivity index (χ1v) is 7.22. The molecule has 1 saturated heterocycles. The Morgan fingerprint density at radius 3 is 2.48 bits per heavy atom. The number of nitrogens with one attached hydrogen (secondary N) is 1. The quantitative estimate of drug-likeness (QED) is 0.778. The van der Waals surface area contributed by atoms with Gasteiger partial charge in [0.25, 0.3) is 11.8 Å². The molecule has 1 aliphatic rings. The number of rotatable bonds is 6. The molecule has 0 bridgehead atoms. The van der Waals surface area contributed by atoms with E-state index in [2.05, 4.69) is 27.1 Å². The summed E-state index contributed by atoms with van der Waals surface area (Å²) in [5, 5.41) is 2.82. The Bertz CT molecular complexity index is 497. The lowest BCUT2D eigenvalue weighted by molar-refractivity contribution is 0.0940. The standard InChI is InChI=1S/C14H21N5O2/c1-10(19-6-2-3-7-19)4-5-16-14(21)12-9-17-11(8-18-12)13(15)20/h8-10H,2-7H2,1H3,(H2,15,20)(H,16,21). The largest absolute Gasteiger partial charge is 0.364 e. The lowest BCUT2D eigenvalue weighted by atomic mass is 10.2. The molecule has 7 heteroatoms. The van der Waals surface area contributed by atoms with E-state index in [1.54, 1.807) is 0 Å². The van der Waals surface area contributed by atoms with Crippen LogP contribution in [-0.2, 0) is 0 Å². The summed E-state index contributed by atoms with van der Waals surface area (Å²) in [6.45, 7) is 5.07. The molecule has 1 atom stereocenters. The van der Waals surface area contributed by atoms with Crippen LogP contribution in [0.15, 0.2) is 12.4 Å². The molecule has 114 valence electrons. The van der Waals surface area contributed by atoms with Crippen LogP contribution in [0.2, 0.25) is 0 Å². The lowest BCUT2D eigenvalue weighted by Gasteiger charge is -2.23. The Hall–Kier alpha value is -2.02. The monoisotopic (exact) mass is 291 g/mol. The Labute approximate surface area is 123 Å². The Kier molecular flexibility index (Phi) is 5.21. The van der Waals surface area contributed by atoms with E-state index in [-0.39, 0.29) is 17.3 Å². The van der Waals surface area contributed by atoms with Crippen LogP contribution in [0.1, 0.15) is 47.2 Å². The lowest BCUT2D eigenvalue weighted by Crippen LogP contribution is -2.34. The highest BCUT2D eigenvalue weighted by Gasteiger charge is 2.18. The smallest absolute Gasteiger partial charge is 0.271 e. The minimum absolute atomic E-state index is 0.0502. The molecule has 0 saturated carbocycles. The number of nitrogens with two attached hydrogens (primary N) is 1. The average Bonchev–Trinajstić information content (AvgIpc) is 3.01. The van der Waals surface area contributed by atoms with Crippen molar-refractivity contribution in [2.45, 2.75) is 32.2 Å². The van der Waals surface area contributed by atoms with Crippen molar-refractivity contribution in [1.82, 2.24) is 20.2 Å². The number of primary amides is 1. The van der Waals surface area contributed by atoms with Crippen LogP contribution in [-0.4, -0.2) is 52.4 Å². The Morgan fingerprint density at radius 2 is 1.90 bits per heavy atom. The number of carbonyl (C=O) groups excluding carboxylic acids is 2. The summed E-state index contributed by atoms with van der Waals surface area (Å²) < 4.78 is 0. The molecule has 1 aliphatic heterocycles. The zero-order valence-corrected chi connectivity index (χ0v) is 12.2. The Balaban J connectivity index is 1.77. The number of nitrogens with zero attached hydrogens (tertiary/aromatic N) is 3. The van der Waals surface area contributed by atoms with Gasteiger partial charge in [-0.3, -0.25) is 9.59 Å². The highest BCUT2D eigenvalue weighted by atomic mass is 16.2. The van der Waals surface area contributed by atoms with E-state index in [1.807, 2.05) is 0 Å². The van der Waals surface area contributed by atoms with Crippen LogP contribution in [0.4, 0.5) is 0 Å². The van der Waals surface area contributed by atoms with Gasteiger partial charge in [-0.15, -0.1) is 0 Å². The molecule has 1 fully saturated rings. The van der Waals surface area contributed by atoms with Gasteiger partial charge < -0.3 is 16.0 Å². The van der Waals surface area contributed by atoms with Crippen LogP contribution in [0.25, 0.3) is 0 Å². The molecule has 2 heterocycles. The summed E-state index contributed by atoms with van der Waals surface area (Å²) in [7, 11) is 0. The third-order valence-corrected chi connectivity index (χ3v) is 3.75. The fraction of sp³-hybridized carbons (Fsp3) is 0.571. The third-order valence-electron chi connectivity index (χ3n) is 3.75. The summed E-state index contributed by atoms with van der Waals surface area (Å²) >= 11 is 0. The van der Waals surface area contributed by atoms with Gasteiger partial charge in [0.15, 0.2) is 0 Å². The molecule has 2 rings (SSSR count). The maximum atomic E-state index is 11.9. The SMILES string of the molecule is CC(CCNC(=O)c1cnc(C(N)=O)cn1)N1CCCC1. The van der Waals surface area contributed by atoms with E-state index in [1.165, 1.54) is 25.2 Å². The summed E-state index contributed by atoms with van der Waals surface area (Å²) in [6, 6.07) is 0.469.